The third-order valence-electron chi connectivity index (χ3n) is 4.46. The van der Waals surface area contributed by atoms with Crippen molar-refractivity contribution in [3.63, 3.8) is 0 Å². The van der Waals surface area contributed by atoms with Gasteiger partial charge < -0.3 is 9.15 Å². The molecule has 2 aromatic rings. The van der Waals surface area contributed by atoms with Crippen molar-refractivity contribution in [1.82, 2.24) is 5.01 Å². The Labute approximate surface area is 176 Å². The smallest absolute Gasteiger partial charge is 0.337 e. The lowest BCUT2D eigenvalue weighted by Crippen LogP contribution is -2.35. The second-order valence-electron chi connectivity index (χ2n) is 6.53. The minimum Gasteiger partial charge on any atom is -0.465 e. The number of hydrogen-bond acceptors (Lipinski definition) is 7. The second kappa shape index (κ2) is 8.11. The molecule has 0 unspecified atom stereocenters. The molecule has 152 valence electrons. The van der Waals surface area contributed by atoms with E-state index in [4.69, 9.17) is 14.6 Å². The fourth-order valence-electron chi connectivity index (χ4n) is 2.96. The van der Waals surface area contributed by atoms with Crippen LogP contribution in [0.15, 0.2) is 56.5 Å². The van der Waals surface area contributed by atoms with Gasteiger partial charge in [-0.1, -0.05) is 19.1 Å². The molecule has 2 aliphatic rings. The molecule has 0 radical (unpaired) electrons. The van der Waals surface area contributed by atoms with Crippen LogP contribution in [0.25, 0.3) is 17.4 Å². The van der Waals surface area contributed by atoms with Crippen LogP contribution in [0.2, 0.25) is 0 Å². The van der Waals surface area contributed by atoms with Crippen LogP contribution in [0.4, 0.5) is 0 Å². The van der Waals surface area contributed by atoms with E-state index in [9.17, 15) is 9.59 Å². The first-order chi connectivity index (χ1) is 14.5. The second-order valence-corrected chi connectivity index (χ2v) is 7.58. The van der Waals surface area contributed by atoms with Crippen molar-refractivity contribution >= 4 is 45.8 Å². The van der Waals surface area contributed by atoms with E-state index in [-0.39, 0.29) is 11.4 Å². The molecule has 1 amide bonds. The summed E-state index contributed by atoms with van der Waals surface area (Å²) in [4.78, 5) is 28.1. The van der Waals surface area contributed by atoms with E-state index in [1.807, 2.05) is 6.92 Å². The predicted octanol–water partition coefficient (Wildman–Crippen LogP) is 4.15. The van der Waals surface area contributed by atoms with Crippen molar-refractivity contribution in [3.05, 3.63) is 53.3 Å². The molecule has 0 saturated heterocycles. The van der Waals surface area contributed by atoms with Gasteiger partial charge in [-0.25, -0.2) is 4.79 Å². The minimum absolute atomic E-state index is 0.0241. The number of amidine groups is 2. The molecule has 3 heterocycles. The summed E-state index contributed by atoms with van der Waals surface area (Å²) in [6.07, 6.45) is 3.19. The number of nitrogens with zero attached hydrogens (tertiary/aromatic N) is 3. The van der Waals surface area contributed by atoms with Crippen molar-refractivity contribution in [2.45, 2.75) is 19.8 Å². The number of carbonyl (C=O) groups excluding carboxylic acids is 2. The molecule has 0 bridgehead atoms. The normalized spacial score (nSPS) is 17.1. The van der Waals surface area contributed by atoms with Crippen molar-refractivity contribution in [2.75, 3.05) is 7.11 Å². The number of fused-ring (bicyclic) bond motifs is 1. The molecule has 9 heteroatoms. The highest BCUT2D eigenvalue weighted by molar-refractivity contribution is 8.26. The number of thioether (sulfide) groups is 1. The van der Waals surface area contributed by atoms with Gasteiger partial charge in [0.05, 0.1) is 18.2 Å². The van der Waals surface area contributed by atoms with Gasteiger partial charge in [-0.15, -0.1) is 0 Å². The third-order valence-corrected chi connectivity index (χ3v) is 5.43. The molecule has 8 nitrogen and oxygen atoms in total. The summed E-state index contributed by atoms with van der Waals surface area (Å²) in [6.45, 7) is 2.04. The molecule has 0 aliphatic carbocycles. The van der Waals surface area contributed by atoms with Gasteiger partial charge in [0.15, 0.2) is 5.84 Å². The Morgan fingerprint density at radius 2 is 2.03 bits per heavy atom. The number of hydrogen-bond donors (Lipinski definition) is 1. The van der Waals surface area contributed by atoms with E-state index in [1.54, 1.807) is 36.4 Å². The Kier molecular flexibility index (Phi) is 5.37. The molecular formula is C21H18N4O4S. The van der Waals surface area contributed by atoms with Gasteiger partial charge in [0, 0.05) is 5.56 Å². The number of methoxy groups -OCH3 is 1. The summed E-state index contributed by atoms with van der Waals surface area (Å²) in [5, 5.41) is 15.4. The van der Waals surface area contributed by atoms with Crippen LogP contribution in [0.5, 0.6) is 0 Å². The Morgan fingerprint density at radius 3 is 2.73 bits per heavy atom. The summed E-state index contributed by atoms with van der Waals surface area (Å²) in [7, 11) is 1.33. The quantitative estimate of drug-likeness (QED) is 0.573. The van der Waals surface area contributed by atoms with Crippen molar-refractivity contribution in [3.8, 4) is 11.3 Å². The van der Waals surface area contributed by atoms with E-state index < -0.39 is 11.9 Å². The van der Waals surface area contributed by atoms with E-state index >= 15 is 0 Å². The number of rotatable bonds is 5. The number of carbonyl (C=O) groups is 2. The number of ether oxygens (including phenoxy) is 1. The highest BCUT2D eigenvalue weighted by atomic mass is 32.2. The Hall–Kier alpha value is -3.46. The molecule has 0 spiro atoms. The molecule has 0 fully saturated rings. The minimum atomic E-state index is -0.493. The number of furan rings is 1. The fraction of sp³-hybridized carbons (Fsp3) is 0.190. The summed E-state index contributed by atoms with van der Waals surface area (Å²) < 4.78 is 10.5. The Bertz CT molecular complexity index is 1130. The first-order valence-electron chi connectivity index (χ1n) is 9.28. The molecule has 0 atom stereocenters. The van der Waals surface area contributed by atoms with Crippen LogP contribution in [-0.2, 0) is 9.53 Å². The van der Waals surface area contributed by atoms with E-state index in [1.165, 1.54) is 30.0 Å². The maximum Gasteiger partial charge on any atom is 0.337 e. The number of amides is 1. The van der Waals surface area contributed by atoms with Gasteiger partial charge in [0.2, 0.25) is 5.17 Å². The zero-order chi connectivity index (χ0) is 21.3. The number of aliphatic imine (C=N–C) groups is 1. The Morgan fingerprint density at radius 1 is 1.27 bits per heavy atom. The lowest BCUT2D eigenvalue weighted by Gasteiger charge is -2.19. The van der Waals surface area contributed by atoms with Gasteiger partial charge >= 0.3 is 5.97 Å². The number of hydrazone groups is 1. The zero-order valence-corrected chi connectivity index (χ0v) is 17.2. The van der Waals surface area contributed by atoms with Crippen molar-refractivity contribution < 1.29 is 18.7 Å². The lowest BCUT2D eigenvalue weighted by atomic mass is 10.1. The zero-order valence-electron chi connectivity index (χ0n) is 16.3. The van der Waals surface area contributed by atoms with Crippen molar-refractivity contribution in [2.24, 2.45) is 10.1 Å². The summed E-state index contributed by atoms with van der Waals surface area (Å²) in [6, 6.07) is 10.3. The molecule has 2 aliphatic heterocycles. The van der Waals surface area contributed by atoms with E-state index in [0.29, 0.717) is 22.3 Å². The van der Waals surface area contributed by atoms with Gasteiger partial charge in [-0.2, -0.15) is 15.1 Å². The molecule has 1 aromatic heterocycles. The van der Waals surface area contributed by atoms with Crippen LogP contribution in [0.1, 0.15) is 35.9 Å². The Balaban J connectivity index is 1.58. The summed E-state index contributed by atoms with van der Waals surface area (Å²) >= 11 is 1.32. The van der Waals surface area contributed by atoms with Gasteiger partial charge in [-0.05, 0) is 54.9 Å². The SMILES string of the molecule is CCCC1=NN2C(=N)/C(=C/c3ccc(-c4ccc(C(=O)OC)cc4)o3)C(=O)N=C2S1. The molecule has 1 N–H and O–H groups in total. The first kappa shape index (κ1) is 19.8. The fourth-order valence-corrected chi connectivity index (χ4v) is 3.95. The van der Waals surface area contributed by atoms with Crippen LogP contribution in [0.3, 0.4) is 0 Å². The average Bonchev–Trinajstić information content (AvgIpc) is 3.38. The van der Waals surface area contributed by atoms with E-state index in [0.717, 1.165) is 23.4 Å². The predicted molar refractivity (Wildman–Crippen MR) is 115 cm³/mol. The number of benzene rings is 1. The lowest BCUT2D eigenvalue weighted by molar-refractivity contribution is -0.114. The molecular weight excluding hydrogens is 404 g/mol. The maximum atomic E-state index is 12.4. The van der Waals surface area contributed by atoms with Gasteiger partial charge in [0.25, 0.3) is 5.91 Å². The van der Waals surface area contributed by atoms with Crippen LogP contribution in [-0.4, -0.2) is 40.0 Å². The highest BCUT2D eigenvalue weighted by Crippen LogP contribution is 2.30. The molecule has 0 saturated carbocycles. The largest absolute Gasteiger partial charge is 0.465 e. The van der Waals surface area contributed by atoms with Gasteiger partial charge in [-0.3, -0.25) is 10.2 Å². The molecule has 4 rings (SSSR count). The van der Waals surface area contributed by atoms with Gasteiger partial charge in [0.1, 0.15) is 16.6 Å². The monoisotopic (exact) mass is 422 g/mol. The topological polar surface area (TPSA) is 108 Å². The number of nitrogens with one attached hydrogen (secondary N) is 1. The van der Waals surface area contributed by atoms with Crippen LogP contribution < -0.4 is 0 Å². The highest BCUT2D eigenvalue weighted by Gasteiger charge is 2.35. The van der Waals surface area contributed by atoms with Crippen LogP contribution >= 0.6 is 11.8 Å². The molecule has 30 heavy (non-hydrogen) atoms. The standard InChI is InChI=1S/C21H18N4O4S/c1-3-4-17-24-25-18(22)15(19(26)23-21(25)30-17)11-14-9-10-16(29-14)12-5-7-13(8-6-12)20(27)28-2/h5-11,22H,3-4H2,1-2H3/b15-11-,22-18?. The maximum absolute atomic E-state index is 12.4. The number of esters is 1. The first-order valence-corrected chi connectivity index (χ1v) is 10.1. The molecule has 1 aromatic carbocycles. The van der Waals surface area contributed by atoms with Crippen molar-refractivity contribution in [1.29, 1.82) is 5.41 Å². The third kappa shape index (κ3) is 3.71. The van der Waals surface area contributed by atoms with Crippen LogP contribution in [0, 0.1) is 5.41 Å². The average molecular weight is 422 g/mol. The van der Waals surface area contributed by atoms with E-state index in [2.05, 4.69) is 10.1 Å². The summed E-state index contributed by atoms with van der Waals surface area (Å²) in [5.74, 6) is 0.0530. The summed E-state index contributed by atoms with van der Waals surface area (Å²) in [5.41, 5.74) is 1.32.